The molecule has 2 heterocycles. The molecule has 1 saturated carbocycles. The zero-order valence-corrected chi connectivity index (χ0v) is 8.22. The third-order valence-electron chi connectivity index (χ3n) is 2.95. The van der Waals surface area contributed by atoms with Gasteiger partial charge in [-0.05, 0) is 12.8 Å². The molecule has 0 radical (unpaired) electrons. The summed E-state index contributed by atoms with van der Waals surface area (Å²) in [6.07, 6.45) is 2.73. The standard InChI is InChI=1S/C9H12N4O2/c10-9-12-11-8(15-9)5-3-7(14)13(4-5)6-1-2-6/h5-6H,1-4H2,(H2,10,12)/t5-/m1/s1. The van der Waals surface area contributed by atoms with Crippen molar-refractivity contribution in [3.63, 3.8) is 0 Å². The summed E-state index contributed by atoms with van der Waals surface area (Å²) in [5, 5.41) is 7.43. The van der Waals surface area contributed by atoms with Crippen LogP contribution in [0, 0.1) is 0 Å². The van der Waals surface area contributed by atoms with E-state index in [4.69, 9.17) is 10.2 Å². The monoisotopic (exact) mass is 208 g/mol. The van der Waals surface area contributed by atoms with Crippen molar-refractivity contribution in [2.45, 2.75) is 31.2 Å². The van der Waals surface area contributed by atoms with E-state index in [1.807, 2.05) is 4.90 Å². The Morgan fingerprint density at radius 3 is 2.80 bits per heavy atom. The van der Waals surface area contributed by atoms with Crippen LogP contribution in [0.4, 0.5) is 6.01 Å². The van der Waals surface area contributed by atoms with Crippen LogP contribution in [0.1, 0.15) is 31.1 Å². The zero-order valence-electron chi connectivity index (χ0n) is 8.22. The maximum absolute atomic E-state index is 11.7. The van der Waals surface area contributed by atoms with Gasteiger partial charge in [0.25, 0.3) is 0 Å². The molecule has 0 spiro atoms. The third kappa shape index (κ3) is 1.45. The molecule has 1 aliphatic heterocycles. The number of nitrogens with zero attached hydrogens (tertiary/aromatic N) is 3. The third-order valence-corrected chi connectivity index (χ3v) is 2.95. The van der Waals surface area contributed by atoms with Crippen molar-refractivity contribution in [1.82, 2.24) is 15.1 Å². The number of carbonyl (C=O) groups is 1. The zero-order chi connectivity index (χ0) is 10.4. The molecular weight excluding hydrogens is 196 g/mol. The van der Waals surface area contributed by atoms with Crippen LogP contribution in [0.15, 0.2) is 4.42 Å². The second-order valence-electron chi connectivity index (χ2n) is 4.16. The van der Waals surface area contributed by atoms with E-state index in [1.54, 1.807) is 0 Å². The number of hydrogen-bond acceptors (Lipinski definition) is 5. The average Bonchev–Trinajstić information content (AvgIpc) is 2.84. The highest BCUT2D eigenvalue weighted by Gasteiger charge is 2.41. The van der Waals surface area contributed by atoms with E-state index in [1.165, 1.54) is 0 Å². The van der Waals surface area contributed by atoms with E-state index in [9.17, 15) is 4.79 Å². The Balaban J connectivity index is 1.76. The fraction of sp³-hybridized carbons (Fsp3) is 0.667. The van der Waals surface area contributed by atoms with Gasteiger partial charge in [0.05, 0.1) is 5.92 Å². The predicted octanol–water partition coefficient (Wildman–Crippen LogP) is 0.130. The number of amides is 1. The van der Waals surface area contributed by atoms with Crippen molar-refractivity contribution in [2.75, 3.05) is 12.3 Å². The Morgan fingerprint density at radius 2 is 2.20 bits per heavy atom. The van der Waals surface area contributed by atoms with E-state index in [0.717, 1.165) is 12.8 Å². The molecule has 0 aromatic carbocycles. The van der Waals surface area contributed by atoms with Crippen LogP contribution >= 0.6 is 0 Å². The van der Waals surface area contributed by atoms with Crippen molar-refractivity contribution in [3.8, 4) is 0 Å². The van der Waals surface area contributed by atoms with Crippen molar-refractivity contribution in [3.05, 3.63) is 5.89 Å². The average molecular weight is 208 g/mol. The summed E-state index contributed by atoms with van der Waals surface area (Å²) >= 11 is 0. The lowest BCUT2D eigenvalue weighted by Crippen LogP contribution is -2.27. The van der Waals surface area contributed by atoms with E-state index >= 15 is 0 Å². The smallest absolute Gasteiger partial charge is 0.312 e. The van der Waals surface area contributed by atoms with Gasteiger partial charge in [0.1, 0.15) is 0 Å². The summed E-state index contributed by atoms with van der Waals surface area (Å²) in [5.41, 5.74) is 5.35. The van der Waals surface area contributed by atoms with Crippen molar-refractivity contribution < 1.29 is 9.21 Å². The summed E-state index contributed by atoms with van der Waals surface area (Å²) in [6, 6.07) is 0.532. The van der Waals surface area contributed by atoms with E-state index in [-0.39, 0.29) is 17.8 Å². The molecule has 1 aliphatic carbocycles. The van der Waals surface area contributed by atoms with Crippen LogP contribution in [0.25, 0.3) is 0 Å². The Morgan fingerprint density at radius 1 is 1.40 bits per heavy atom. The molecule has 2 fully saturated rings. The molecule has 1 aromatic rings. The highest BCUT2D eigenvalue weighted by Crippen LogP contribution is 2.36. The molecule has 0 unspecified atom stereocenters. The molecular formula is C9H12N4O2. The van der Waals surface area contributed by atoms with E-state index < -0.39 is 0 Å². The number of nitrogens with two attached hydrogens (primary N) is 1. The van der Waals surface area contributed by atoms with Crippen LogP contribution in [0.5, 0.6) is 0 Å². The summed E-state index contributed by atoms with van der Waals surface area (Å²) in [7, 11) is 0. The summed E-state index contributed by atoms with van der Waals surface area (Å²) < 4.78 is 5.14. The minimum Gasteiger partial charge on any atom is -0.408 e. The second kappa shape index (κ2) is 2.95. The molecule has 1 saturated heterocycles. The van der Waals surface area contributed by atoms with Gasteiger partial charge in [0, 0.05) is 19.0 Å². The molecule has 6 nitrogen and oxygen atoms in total. The van der Waals surface area contributed by atoms with Gasteiger partial charge in [0.2, 0.25) is 11.8 Å². The highest BCUT2D eigenvalue weighted by atomic mass is 16.4. The van der Waals surface area contributed by atoms with E-state index in [2.05, 4.69) is 10.2 Å². The molecule has 6 heteroatoms. The van der Waals surface area contributed by atoms with Crippen molar-refractivity contribution in [2.24, 2.45) is 0 Å². The van der Waals surface area contributed by atoms with Gasteiger partial charge in [-0.15, -0.1) is 5.10 Å². The molecule has 80 valence electrons. The number of anilines is 1. The topological polar surface area (TPSA) is 85.2 Å². The molecule has 2 aliphatic rings. The fourth-order valence-electron chi connectivity index (χ4n) is 2.05. The van der Waals surface area contributed by atoms with E-state index in [0.29, 0.717) is 24.9 Å². The molecule has 1 atom stereocenters. The minimum atomic E-state index is 0.0305. The Labute approximate surface area is 86.4 Å². The molecule has 1 amide bonds. The summed E-state index contributed by atoms with van der Waals surface area (Å²) in [6.45, 7) is 0.700. The second-order valence-corrected chi connectivity index (χ2v) is 4.16. The Bertz CT molecular complexity index is 399. The van der Waals surface area contributed by atoms with Gasteiger partial charge < -0.3 is 15.1 Å². The maximum atomic E-state index is 11.7. The van der Waals surface area contributed by atoms with Crippen LogP contribution in [0.2, 0.25) is 0 Å². The van der Waals surface area contributed by atoms with Crippen molar-refractivity contribution >= 4 is 11.9 Å². The van der Waals surface area contributed by atoms with Gasteiger partial charge in [-0.25, -0.2) is 0 Å². The Hall–Kier alpha value is -1.59. The minimum absolute atomic E-state index is 0.0305. The lowest BCUT2D eigenvalue weighted by molar-refractivity contribution is -0.128. The summed E-state index contributed by atoms with van der Waals surface area (Å²) in [5.74, 6) is 0.714. The predicted molar refractivity (Wildman–Crippen MR) is 50.8 cm³/mol. The lowest BCUT2D eigenvalue weighted by atomic mass is 10.1. The first-order chi connectivity index (χ1) is 7.24. The van der Waals surface area contributed by atoms with Crippen LogP contribution in [-0.4, -0.2) is 33.6 Å². The largest absolute Gasteiger partial charge is 0.408 e. The van der Waals surface area contributed by atoms with Crippen LogP contribution in [-0.2, 0) is 4.79 Å². The van der Waals surface area contributed by atoms with Gasteiger partial charge in [-0.3, -0.25) is 4.79 Å². The number of hydrogen-bond donors (Lipinski definition) is 1. The number of nitrogen functional groups attached to an aromatic ring is 1. The quantitative estimate of drug-likeness (QED) is 0.746. The van der Waals surface area contributed by atoms with Crippen LogP contribution in [0.3, 0.4) is 0 Å². The van der Waals surface area contributed by atoms with Gasteiger partial charge in [-0.2, -0.15) is 0 Å². The molecule has 15 heavy (non-hydrogen) atoms. The first-order valence-electron chi connectivity index (χ1n) is 5.12. The van der Waals surface area contributed by atoms with Gasteiger partial charge >= 0.3 is 6.01 Å². The normalized spacial score (nSPS) is 26.3. The SMILES string of the molecule is Nc1nnc([C@@H]2CC(=O)N(C3CC3)C2)o1. The van der Waals surface area contributed by atoms with Gasteiger partial charge in [-0.1, -0.05) is 5.10 Å². The van der Waals surface area contributed by atoms with Crippen molar-refractivity contribution in [1.29, 1.82) is 0 Å². The van der Waals surface area contributed by atoms with Crippen LogP contribution < -0.4 is 5.73 Å². The maximum Gasteiger partial charge on any atom is 0.312 e. The molecule has 3 rings (SSSR count). The first kappa shape index (κ1) is 8.70. The number of likely N-dealkylation sites (tertiary alicyclic amines) is 1. The molecule has 1 aromatic heterocycles. The molecule has 0 bridgehead atoms. The highest BCUT2D eigenvalue weighted by molar-refractivity contribution is 5.80. The first-order valence-corrected chi connectivity index (χ1v) is 5.12. The number of carbonyl (C=O) groups excluding carboxylic acids is 1. The lowest BCUT2D eigenvalue weighted by Gasteiger charge is -2.13. The number of aromatic nitrogens is 2. The fourth-order valence-corrected chi connectivity index (χ4v) is 2.05. The Kier molecular flexibility index (Phi) is 1.71. The van der Waals surface area contributed by atoms with Gasteiger partial charge in [0.15, 0.2) is 0 Å². The summed E-state index contributed by atoms with van der Waals surface area (Å²) in [4.78, 5) is 13.6. The number of rotatable bonds is 2. The molecule has 2 N–H and O–H groups in total.